The lowest BCUT2D eigenvalue weighted by atomic mass is 9.99. The fourth-order valence-electron chi connectivity index (χ4n) is 3.08. The molecule has 4 rings (SSSR count). The number of hydrogen-bond acceptors (Lipinski definition) is 1. The number of hydrogen-bond donors (Lipinski definition) is 0. The van der Waals surface area contributed by atoms with Crippen molar-refractivity contribution in [2.45, 2.75) is 6.61 Å². The van der Waals surface area contributed by atoms with Crippen molar-refractivity contribution in [1.82, 2.24) is 0 Å². The van der Waals surface area contributed by atoms with Gasteiger partial charge in [-0.2, -0.15) is 0 Å². The lowest BCUT2D eigenvalue weighted by molar-refractivity contribution is 0.306. The predicted octanol–water partition coefficient (Wildman–Crippen LogP) is 7.64. The molecule has 0 bridgehead atoms. The monoisotopic (exact) mass is 450 g/mol. The highest BCUT2D eigenvalue weighted by Gasteiger charge is 2.09. The highest BCUT2D eigenvalue weighted by Crippen LogP contribution is 2.30. The van der Waals surface area contributed by atoms with Crippen LogP contribution in [0.5, 0.6) is 5.75 Å². The van der Waals surface area contributed by atoms with Crippen molar-refractivity contribution in [2.24, 2.45) is 0 Å². The number of benzene rings is 4. The van der Waals surface area contributed by atoms with E-state index in [0.717, 1.165) is 16.9 Å². The lowest BCUT2D eigenvalue weighted by Gasteiger charge is -2.10. The molecule has 4 aromatic rings. The Kier molecular flexibility index (Phi) is 5.72. The summed E-state index contributed by atoms with van der Waals surface area (Å²) in [6.45, 7) is 0.479. The van der Waals surface area contributed by atoms with Crippen LogP contribution >= 0.6 is 15.9 Å². The van der Waals surface area contributed by atoms with E-state index < -0.39 is 0 Å². The van der Waals surface area contributed by atoms with Crippen LogP contribution in [-0.2, 0) is 6.61 Å². The smallest absolute Gasteiger partial charge is 0.137 e. The first-order chi connectivity index (χ1) is 14.1. The van der Waals surface area contributed by atoms with E-state index in [0.29, 0.717) is 27.8 Å². The molecule has 0 amide bonds. The van der Waals surface area contributed by atoms with Gasteiger partial charge in [0.2, 0.25) is 0 Å². The van der Waals surface area contributed by atoms with E-state index in [2.05, 4.69) is 15.9 Å². The molecule has 0 aliphatic rings. The Morgan fingerprint density at radius 1 is 0.655 bits per heavy atom. The molecule has 4 heteroatoms. The van der Waals surface area contributed by atoms with Gasteiger partial charge in [0, 0.05) is 5.56 Å². The van der Waals surface area contributed by atoms with E-state index >= 15 is 0 Å². The summed E-state index contributed by atoms with van der Waals surface area (Å²) in [5.74, 6) is -0.0122. The van der Waals surface area contributed by atoms with Gasteiger partial charge < -0.3 is 4.74 Å². The maximum absolute atomic E-state index is 14.7. The van der Waals surface area contributed by atoms with Crippen molar-refractivity contribution >= 4 is 15.9 Å². The van der Waals surface area contributed by atoms with Crippen LogP contribution in [0.1, 0.15) is 5.56 Å². The Labute approximate surface area is 176 Å². The average molecular weight is 451 g/mol. The minimum Gasteiger partial charge on any atom is -0.489 e. The van der Waals surface area contributed by atoms with Gasteiger partial charge in [-0.25, -0.2) is 8.78 Å². The molecular formula is C25H17BrF2O. The summed E-state index contributed by atoms with van der Waals surface area (Å²) in [7, 11) is 0. The largest absolute Gasteiger partial charge is 0.489 e. The Balaban J connectivity index is 1.51. The van der Waals surface area contributed by atoms with Gasteiger partial charge in [-0.05, 0) is 68.5 Å². The molecule has 0 heterocycles. The van der Waals surface area contributed by atoms with Gasteiger partial charge in [-0.1, -0.05) is 60.7 Å². The van der Waals surface area contributed by atoms with Crippen LogP contribution in [0.15, 0.2) is 95.5 Å². The van der Waals surface area contributed by atoms with Crippen LogP contribution < -0.4 is 4.74 Å². The minimum atomic E-state index is -0.377. The van der Waals surface area contributed by atoms with E-state index in [1.807, 2.05) is 54.6 Å². The first-order valence-electron chi connectivity index (χ1n) is 9.12. The summed E-state index contributed by atoms with van der Waals surface area (Å²) < 4.78 is 34.7. The molecule has 0 saturated heterocycles. The molecule has 1 nitrogen and oxygen atoms in total. The van der Waals surface area contributed by atoms with E-state index in [9.17, 15) is 8.78 Å². The van der Waals surface area contributed by atoms with E-state index in [-0.39, 0.29) is 11.6 Å². The van der Waals surface area contributed by atoms with Crippen LogP contribution in [0.4, 0.5) is 8.78 Å². The van der Waals surface area contributed by atoms with Gasteiger partial charge in [-0.3, -0.25) is 0 Å². The van der Waals surface area contributed by atoms with Gasteiger partial charge in [0.15, 0.2) is 0 Å². The second-order valence-corrected chi connectivity index (χ2v) is 7.48. The van der Waals surface area contributed by atoms with Crippen molar-refractivity contribution < 1.29 is 13.5 Å². The molecule has 0 aromatic heterocycles. The fourth-order valence-corrected chi connectivity index (χ4v) is 3.32. The Morgan fingerprint density at radius 3 is 1.93 bits per heavy atom. The summed E-state index contributed by atoms with van der Waals surface area (Å²) in [5, 5.41) is 0. The van der Waals surface area contributed by atoms with Gasteiger partial charge >= 0.3 is 0 Å². The third-order valence-electron chi connectivity index (χ3n) is 4.64. The van der Waals surface area contributed by atoms with E-state index in [4.69, 9.17) is 4.74 Å². The van der Waals surface area contributed by atoms with Crippen LogP contribution in [0.2, 0.25) is 0 Å². The molecule has 0 aliphatic heterocycles. The van der Waals surface area contributed by atoms with Crippen LogP contribution in [0, 0.1) is 11.6 Å². The maximum Gasteiger partial charge on any atom is 0.137 e. The first-order valence-corrected chi connectivity index (χ1v) is 9.91. The zero-order valence-electron chi connectivity index (χ0n) is 15.4. The molecule has 0 fully saturated rings. The number of rotatable bonds is 5. The third kappa shape index (κ3) is 4.54. The SMILES string of the molecule is Fc1cc(-c2ccc(-c3ccc(OCc4ccccc4)cc3)c(F)c2)ccc1Br. The highest BCUT2D eigenvalue weighted by molar-refractivity contribution is 9.10. The van der Waals surface area contributed by atoms with E-state index in [1.165, 1.54) is 12.1 Å². The normalized spacial score (nSPS) is 10.7. The highest BCUT2D eigenvalue weighted by atomic mass is 79.9. The standard InChI is InChI=1S/C25H17BrF2O/c26-23-13-9-20(15-25(23)28)19-8-12-22(24(27)14-19)18-6-10-21(11-7-18)29-16-17-4-2-1-3-5-17/h1-15H,16H2. The van der Waals surface area contributed by atoms with Crippen molar-refractivity contribution in [3.05, 3.63) is 113 Å². The van der Waals surface area contributed by atoms with Crippen molar-refractivity contribution in [3.63, 3.8) is 0 Å². The van der Waals surface area contributed by atoms with Crippen molar-refractivity contribution in [1.29, 1.82) is 0 Å². The molecule has 0 spiro atoms. The molecule has 0 radical (unpaired) electrons. The molecule has 0 N–H and O–H groups in total. The van der Waals surface area contributed by atoms with E-state index in [1.54, 1.807) is 24.3 Å². The quantitative estimate of drug-likeness (QED) is 0.303. The topological polar surface area (TPSA) is 9.23 Å². The summed E-state index contributed by atoms with van der Waals surface area (Å²) in [5.41, 5.74) is 3.58. The Bertz CT molecular complexity index is 1130. The number of halogens is 3. The van der Waals surface area contributed by atoms with Crippen molar-refractivity contribution in [2.75, 3.05) is 0 Å². The molecule has 0 unspecified atom stereocenters. The maximum atomic E-state index is 14.7. The van der Waals surface area contributed by atoms with Crippen LogP contribution in [-0.4, -0.2) is 0 Å². The summed E-state index contributed by atoms with van der Waals surface area (Å²) in [6.07, 6.45) is 0. The molecule has 4 aromatic carbocycles. The molecule has 0 saturated carbocycles. The second-order valence-electron chi connectivity index (χ2n) is 6.62. The zero-order chi connectivity index (χ0) is 20.2. The Morgan fingerprint density at radius 2 is 1.28 bits per heavy atom. The van der Waals surface area contributed by atoms with Gasteiger partial charge in [0.25, 0.3) is 0 Å². The molecule has 144 valence electrons. The third-order valence-corrected chi connectivity index (χ3v) is 5.28. The average Bonchev–Trinajstić information content (AvgIpc) is 2.75. The Hall–Kier alpha value is -2.98. The molecular weight excluding hydrogens is 434 g/mol. The fraction of sp³-hybridized carbons (Fsp3) is 0.0400. The van der Waals surface area contributed by atoms with Gasteiger partial charge in [0.05, 0.1) is 4.47 Å². The van der Waals surface area contributed by atoms with Gasteiger partial charge in [0.1, 0.15) is 24.0 Å². The zero-order valence-corrected chi connectivity index (χ0v) is 17.0. The summed E-state index contributed by atoms with van der Waals surface area (Å²) >= 11 is 3.13. The predicted molar refractivity (Wildman–Crippen MR) is 116 cm³/mol. The van der Waals surface area contributed by atoms with Crippen LogP contribution in [0.3, 0.4) is 0 Å². The second kappa shape index (κ2) is 8.58. The summed E-state index contributed by atoms with van der Waals surface area (Å²) in [6, 6.07) is 26.9. The van der Waals surface area contributed by atoms with Gasteiger partial charge in [-0.15, -0.1) is 0 Å². The minimum absolute atomic E-state index is 0.358. The summed E-state index contributed by atoms with van der Waals surface area (Å²) in [4.78, 5) is 0. The first kappa shape index (κ1) is 19.3. The van der Waals surface area contributed by atoms with Crippen LogP contribution in [0.25, 0.3) is 22.3 Å². The van der Waals surface area contributed by atoms with Crippen molar-refractivity contribution in [3.8, 4) is 28.0 Å². The molecule has 29 heavy (non-hydrogen) atoms. The molecule has 0 aliphatic carbocycles. The molecule has 0 atom stereocenters. The number of ether oxygens (including phenoxy) is 1. The lowest BCUT2D eigenvalue weighted by Crippen LogP contribution is -1.95.